The van der Waals surface area contributed by atoms with Crippen LogP contribution in [0.1, 0.15) is 44.0 Å². The van der Waals surface area contributed by atoms with E-state index < -0.39 is 0 Å². The zero-order valence-electron chi connectivity index (χ0n) is 11.7. The number of rotatable bonds is 5. The maximum Gasteiger partial charge on any atom is 0.251 e. The number of fused-ring (bicyclic) bond motifs is 1. The molecule has 2 rings (SSSR count). The summed E-state index contributed by atoms with van der Waals surface area (Å²) in [6, 6.07) is 5.71. The van der Waals surface area contributed by atoms with Gasteiger partial charge in [0.25, 0.3) is 5.91 Å². The first-order valence-corrected chi connectivity index (χ1v) is 6.79. The van der Waals surface area contributed by atoms with E-state index in [1.54, 1.807) is 6.07 Å². The molecule has 0 spiro atoms. The van der Waals surface area contributed by atoms with Gasteiger partial charge >= 0.3 is 0 Å². The van der Waals surface area contributed by atoms with E-state index in [1.807, 2.05) is 30.7 Å². The summed E-state index contributed by atoms with van der Waals surface area (Å²) >= 11 is 0. The van der Waals surface area contributed by atoms with Crippen LogP contribution < -0.4 is 5.32 Å². The maximum absolute atomic E-state index is 12.1. The molecule has 1 aromatic heterocycles. The predicted molar refractivity (Wildman–Crippen MR) is 75.0 cm³/mol. The van der Waals surface area contributed by atoms with Crippen molar-refractivity contribution in [2.24, 2.45) is 0 Å². The topological polar surface area (TPSA) is 59.8 Å². The van der Waals surface area contributed by atoms with Crippen molar-refractivity contribution in [2.45, 2.75) is 46.2 Å². The van der Waals surface area contributed by atoms with Gasteiger partial charge in [0.05, 0.1) is 5.52 Å². The van der Waals surface area contributed by atoms with Crippen LogP contribution in [0.3, 0.4) is 0 Å². The lowest BCUT2D eigenvalue weighted by Gasteiger charge is -2.12. The number of nitrogens with one attached hydrogen (secondary N) is 1. The third kappa shape index (κ3) is 2.92. The van der Waals surface area contributed by atoms with Crippen molar-refractivity contribution in [3.8, 4) is 0 Å². The number of carbonyl (C=O) groups excluding carboxylic acids is 1. The Morgan fingerprint density at radius 2 is 2.21 bits per heavy atom. The molecule has 1 N–H and O–H groups in total. The number of carbonyl (C=O) groups is 1. The highest BCUT2D eigenvalue weighted by Crippen LogP contribution is 2.13. The molecule has 0 bridgehead atoms. The Morgan fingerprint density at radius 1 is 1.42 bits per heavy atom. The highest BCUT2D eigenvalue weighted by Gasteiger charge is 2.11. The summed E-state index contributed by atoms with van der Waals surface area (Å²) in [6.45, 7) is 6.92. The molecule has 0 aliphatic carbocycles. The first kappa shape index (κ1) is 13.5. The Kier molecular flexibility index (Phi) is 4.14. The van der Waals surface area contributed by atoms with Gasteiger partial charge in [-0.15, -0.1) is 5.10 Å². The van der Waals surface area contributed by atoms with Crippen LogP contribution in [0.15, 0.2) is 18.2 Å². The first-order chi connectivity index (χ1) is 9.15. The number of hydrogen-bond acceptors (Lipinski definition) is 3. The van der Waals surface area contributed by atoms with Gasteiger partial charge in [-0.3, -0.25) is 4.79 Å². The largest absolute Gasteiger partial charge is 0.350 e. The van der Waals surface area contributed by atoms with Crippen molar-refractivity contribution in [1.29, 1.82) is 0 Å². The molecule has 2 aromatic rings. The van der Waals surface area contributed by atoms with E-state index >= 15 is 0 Å². The minimum Gasteiger partial charge on any atom is -0.350 e. The molecule has 0 saturated carbocycles. The number of nitrogens with zero attached hydrogens (tertiary/aromatic N) is 3. The van der Waals surface area contributed by atoms with E-state index in [-0.39, 0.29) is 11.9 Å². The molecular formula is C14H20N4O. The fourth-order valence-corrected chi connectivity index (χ4v) is 2.16. The van der Waals surface area contributed by atoms with Crippen molar-refractivity contribution < 1.29 is 4.79 Å². The Hall–Kier alpha value is -1.91. The Morgan fingerprint density at radius 3 is 2.89 bits per heavy atom. The summed E-state index contributed by atoms with van der Waals surface area (Å²) in [7, 11) is 0. The molecule has 1 aromatic carbocycles. The lowest BCUT2D eigenvalue weighted by molar-refractivity contribution is 0.0938. The summed E-state index contributed by atoms with van der Waals surface area (Å²) in [6.07, 6.45) is 2.05. The van der Waals surface area contributed by atoms with E-state index in [1.165, 1.54) is 0 Å². The van der Waals surface area contributed by atoms with Gasteiger partial charge in [0, 0.05) is 18.2 Å². The Balaban J connectivity index is 2.19. The van der Waals surface area contributed by atoms with Gasteiger partial charge in [-0.1, -0.05) is 18.6 Å². The van der Waals surface area contributed by atoms with Crippen LogP contribution in [0, 0.1) is 0 Å². The number of aromatic nitrogens is 3. The zero-order chi connectivity index (χ0) is 13.8. The number of aryl methyl sites for hydroxylation is 1. The van der Waals surface area contributed by atoms with Crippen LogP contribution in [0.2, 0.25) is 0 Å². The molecular weight excluding hydrogens is 240 g/mol. The second-order valence-electron chi connectivity index (χ2n) is 4.77. The van der Waals surface area contributed by atoms with E-state index in [2.05, 4.69) is 22.6 Å². The van der Waals surface area contributed by atoms with E-state index in [4.69, 9.17) is 0 Å². The van der Waals surface area contributed by atoms with Crippen LogP contribution in [-0.2, 0) is 6.54 Å². The fraction of sp³-hybridized carbons (Fsp3) is 0.500. The van der Waals surface area contributed by atoms with E-state index in [0.717, 1.165) is 30.4 Å². The molecule has 102 valence electrons. The molecule has 19 heavy (non-hydrogen) atoms. The lowest BCUT2D eigenvalue weighted by atomic mass is 10.1. The second-order valence-corrected chi connectivity index (χ2v) is 4.77. The van der Waals surface area contributed by atoms with Gasteiger partial charge in [0.15, 0.2) is 0 Å². The first-order valence-electron chi connectivity index (χ1n) is 6.79. The molecule has 0 fully saturated rings. The minimum atomic E-state index is -0.0473. The lowest BCUT2D eigenvalue weighted by Crippen LogP contribution is -2.32. The van der Waals surface area contributed by atoms with Crippen LogP contribution in [0.25, 0.3) is 11.0 Å². The number of amides is 1. The summed E-state index contributed by atoms with van der Waals surface area (Å²) in [4.78, 5) is 12.1. The van der Waals surface area contributed by atoms with E-state index in [9.17, 15) is 4.79 Å². The standard InChI is InChI=1S/C14H20N4O/c1-4-6-10(3)15-14(19)11-7-8-13-12(9-11)16-17-18(13)5-2/h7-10H,4-6H2,1-3H3,(H,15,19)/t10-/m0/s1. The van der Waals surface area contributed by atoms with Crippen molar-refractivity contribution >= 4 is 16.9 Å². The smallest absolute Gasteiger partial charge is 0.251 e. The molecule has 1 heterocycles. The van der Waals surface area contributed by atoms with Gasteiger partial charge in [0.2, 0.25) is 0 Å². The van der Waals surface area contributed by atoms with Crippen LogP contribution >= 0.6 is 0 Å². The monoisotopic (exact) mass is 260 g/mol. The highest BCUT2D eigenvalue weighted by molar-refractivity contribution is 5.97. The molecule has 0 radical (unpaired) electrons. The number of hydrogen-bond donors (Lipinski definition) is 1. The molecule has 0 saturated heterocycles. The van der Waals surface area contributed by atoms with Gasteiger partial charge in [-0.2, -0.15) is 0 Å². The molecule has 5 nitrogen and oxygen atoms in total. The summed E-state index contributed by atoms with van der Waals surface area (Å²) in [5.41, 5.74) is 2.36. The third-order valence-corrected chi connectivity index (χ3v) is 3.17. The van der Waals surface area contributed by atoms with Gasteiger partial charge in [0.1, 0.15) is 5.52 Å². The SMILES string of the molecule is CCC[C@H](C)NC(=O)c1ccc2c(c1)nnn2CC. The van der Waals surface area contributed by atoms with Crippen LogP contribution in [0.5, 0.6) is 0 Å². The van der Waals surface area contributed by atoms with Gasteiger partial charge in [-0.25, -0.2) is 4.68 Å². The highest BCUT2D eigenvalue weighted by atomic mass is 16.1. The molecule has 1 amide bonds. The minimum absolute atomic E-state index is 0.0473. The van der Waals surface area contributed by atoms with E-state index in [0.29, 0.717) is 5.56 Å². The Bertz CT molecular complexity index is 576. The van der Waals surface area contributed by atoms with Gasteiger partial charge < -0.3 is 5.32 Å². The van der Waals surface area contributed by atoms with Crippen molar-refractivity contribution in [1.82, 2.24) is 20.3 Å². The van der Waals surface area contributed by atoms with Crippen molar-refractivity contribution in [2.75, 3.05) is 0 Å². The summed E-state index contributed by atoms with van der Waals surface area (Å²) in [5.74, 6) is -0.0473. The van der Waals surface area contributed by atoms with Crippen molar-refractivity contribution in [3.05, 3.63) is 23.8 Å². The summed E-state index contributed by atoms with van der Waals surface area (Å²) < 4.78 is 1.82. The molecule has 0 aliphatic rings. The average Bonchev–Trinajstić information content (AvgIpc) is 2.80. The second kappa shape index (κ2) is 5.82. The van der Waals surface area contributed by atoms with Crippen LogP contribution in [0.4, 0.5) is 0 Å². The summed E-state index contributed by atoms with van der Waals surface area (Å²) in [5, 5.41) is 11.1. The zero-order valence-corrected chi connectivity index (χ0v) is 11.7. The van der Waals surface area contributed by atoms with Crippen LogP contribution in [-0.4, -0.2) is 26.9 Å². The fourth-order valence-electron chi connectivity index (χ4n) is 2.16. The molecule has 0 aliphatic heterocycles. The predicted octanol–water partition coefficient (Wildman–Crippen LogP) is 2.37. The average molecular weight is 260 g/mol. The normalized spacial score (nSPS) is 12.6. The van der Waals surface area contributed by atoms with Crippen molar-refractivity contribution in [3.63, 3.8) is 0 Å². The number of benzene rings is 1. The quantitative estimate of drug-likeness (QED) is 0.897. The van der Waals surface area contributed by atoms with Gasteiger partial charge in [-0.05, 0) is 38.5 Å². The molecule has 5 heteroatoms. The third-order valence-electron chi connectivity index (χ3n) is 3.17. The maximum atomic E-state index is 12.1. The molecule has 1 atom stereocenters. The Labute approximate surface area is 113 Å². The molecule has 0 unspecified atom stereocenters.